The summed E-state index contributed by atoms with van der Waals surface area (Å²) in [5.74, 6) is -0.671. The number of amides is 1. The maximum absolute atomic E-state index is 13.8. The maximum Gasteiger partial charge on any atom is 0.269 e. The number of hydrogen-bond acceptors (Lipinski definition) is 3. The van der Waals surface area contributed by atoms with E-state index >= 15 is 0 Å². The fourth-order valence-corrected chi connectivity index (χ4v) is 2.59. The summed E-state index contributed by atoms with van der Waals surface area (Å²) in [5.41, 5.74) is 1.95. The first-order valence-electron chi connectivity index (χ1n) is 7.69. The lowest BCUT2D eigenvalue weighted by Crippen LogP contribution is -2.29. The molecule has 2 N–H and O–H groups in total. The van der Waals surface area contributed by atoms with Crippen LogP contribution in [0.15, 0.2) is 42.6 Å². The van der Waals surface area contributed by atoms with Crippen molar-refractivity contribution in [3.8, 4) is 11.3 Å². The molecule has 3 aromatic rings. The molecule has 0 aliphatic heterocycles. The number of halogens is 1. The summed E-state index contributed by atoms with van der Waals surface area (Å²) in [7, 11) is 1.83. The first-order chi connectivity index (χ1) is 11.6. The predicted molar refractivity (Wildman–Crippen MR) is 87.7 cm³/mol. The minimum atomic E-state index is -0.378. The fourth-order valence-electron chi connectivity index (χ4n) is 2.59. The van der Waals surface area contributed by atoms with Gasteiger partial charge in [0.2, 0.25) is 0 Å². The highest BCUT2D eigenvalue weighted by Crippen LogP contribution is 2.21. The molecule has 124 valence electrons. The number of nitrogens with zero attached hydrogens (tertiary/aromatic N) is 3. The Kier molecular flexibility index (Phi) is 4.41. The van der Waals surface area contributed by atoms with E-state index < -0.39 is 0 Å². The Bertz CT molecular complexity index is 854. The van der Waals surface area contributed by atoms with Gasteiger partial charge in [0.25, 0.3) is 5.91 Å². The smallest absolute Gasteiger partial charge is 0.269 e. The minimum Gasteiger partial charge on any atom is -0.342 e. The highest BCUT2D eigenvalue weighted by atomic mass is 19.1. The number of hydrogen-bond donors (Lipinski definition) is 2. The van der Waals surface area contributed by atoms with E-state index in [0.717, 1.165) is 12.1 Å². The second kappa shape index (κ2) is 6.66. The Morgan fingerprint density at radius 1 is 1.38 bits per heavy atom. The van der Waals surface area contributed by atoms with Crippen molar-refractivity contribution in [1.29, 1.82) is 0 Å². The molecular formula is C17H18FN5O. The van der Waals surface area contributed by atoms with Gasteiger partial charge in [-0.1, -0.05) is 19.1 Å². The minimum absolute atomic E-state index is 0.162. The number of aryl methyl sites for hydroxylation is 1. The summed E-state index contributed by atoms with van der Waals surface area (Å²) in [5, 5.41) is 13.8. The lowest BCUT2D eigenvalue weighted by Gasteiger charge is -2.16. The normalized spacial score (nSPS) is 12.1. The van der Waals surface area contributed by atoms with Crippen molar-refractivity contribution >= 4 is 5.91 Å². The number of aromatic amines is 1. The molecule has 2 heterocycles. The molecule has 0 bridgehead atoms. The molecule has 0 aliphatic carbocycles. The molecule has 1 atom stereocenters. The molecular weight excluding hydrogens is 309 g/mol. The molecule has 0 aliphatic rings. The number of carbonyl (C=O) groups excluding carboxylic acids is 1. The molecule has 0 fully saturated rings. The van der Waals surface area contributed by atoms with Crippen LogP contribution in [-0.2, 0) is 7.05 Å². The van der Waals surface area contributed by atoms with Gasteiger partial charge in [-0.15, -0.1) is 0 Å². The lowest BCUT2D eigenvalue weighted by atomic mass is 10.1. The molecule has 0 radical (unpaired) electrons. The zero-order valence-corrected chi connectivity index (χ0v) is 13.5. The van der Waals surface area contributed by atoms with Gasteiger partial charge in [-0.2, -0.15) is 10.2 Å². The summed E-state index contributed by atoms with van der Waals surface area (Å²) in [4.78, 5) is 12.4. The van der Waals surface area contributed by atoms with Gasteiger partial charge in [-0.3, -0.25) is 14.6 Å². The second-order valence-electron chi connectivity index (χ2n) is 5.46. The van der Waals surface area contributed by atoms with Crippen molar-refractivity contribution in [1.82, 2.24) is 25.3 Å². The van der Waals surface area contributed by atoms with Gasteiger partial charge >= 0.3 is 0 Å². The molecule has 0 unspecified atom stereocenters. The third-order valence-electron chi connectivity index (χ3n) is 3.90. The summed E-state index contributed by atoms with van der Waals surface area (Å²) >= 11 is 0. The van der Waals surface area contributed by atoms with E-state index in [0.29, 0.717) is 11.3 Å². The van der Waals surface area contributed by atoms with Crippen LogP contribution in [0.3, 0.4) is 0 Å². The summed E-state index contributed by atoms with van der Waals surface area (Å²) in [6, 6.07) is 9.57. The topological polar surface area (TPSA) is 75.6 Å². The van der Waals surface area contributed by atoms with Gasteiger partial charge in [-0.05, 0) is 30.7 Å². The van der Waals surface area contributed by atoms with Crippen LogP contribution in [0.1, 0.15) is 35.6 Å². The van der Waals surface area contributed by atoms with Crippen molar-refractivity contribution < 1.29 is 9.18 Å². The number of benzene rings is 1. The van der Waals surface area contributed by atoms with Crippen LogP contribution in [-0.4, -0.2) is 25.9 Å². The second-order valence-corrected chi connectivity index (χ2v) is 5.46. The number of H-pyrrole nitrogens is 1. The maximum atomic E-state index is 13.8. The van der Waals surface area contributed by atoms with Crippen LogP contribution in [0.2, 0.25) is 0 Å². The van der Waals surface area contributed by atoms with Crippen molar-refractivity contribution in [2.24, 2.45) is 7.05 Å². The molecule has 1 aromatic carbocycles. The monoisotopic (exact) mass is 327 g/mol. The standard InChI is InChI=1S/C17H18FN5O/c1-3-13(16-8-9-19-23(16)2)20-17(24)15-10-14(21-22-15)11-6-4-5-7-12(11)18/h4-10,13H,3H2,1-2H3,(H,20,24)(H,21,22)/t13-/m0/s1. The van der Waals surface area contributed by atoms with Crippen LogP contribution in [0, 0.1) is 5.82 Å². The van der Waals surface area contributed by atoms with E-state index in [-0.39, 0.29) is 23.5 Å². The number of aromatic nitrogens is 4. The van der Waals surface area contributed by atoms with Crippen molar-refractivity contribution in [2.45, 2.75) is 19.4 Å². The Morgan fingerprint density at radius 2 is 2.17 bits per heavy atom. The number of rotatable bonds is 5. The van der Waals surface area contributed by atoms with Crippen molar-refractivity contribution in [3.63, 3.8) is 0 Å². The van der Waals surface area contributed by atoms with E-state index in [1.54, 1.807) is 35.1 Å². The van der Waals surface area contributed by atoms with Crippen LogP contribution in [0.4, 0.5) is 4.39 Å². The van der Waals surface area contributed by atoms with Gasteiger partial charge in [-0.25, -0.2) is 4.39 Å². The molecule has 24 heavy (non-hydrogen) atoms. The Morgan fingerprint density at radius 3 is 2.83 bits per heavy atom. The Hall–Kier alpha value is -2.96. The van der Waals surface area contributed by atoms with Crippen LogP contribution in [0.25, 0.3) is 11.3 Å². The third kappa shape index (κ3) is 3.05. The van der Waals surface area contributed by atoms with Gasteiger partial charge in [0, 0.05) is 18.8 Å². The zero-order valence-electron chi connectivity index (χ0n) is 13.5. The molecule has 0 spiro atoms. The molecule has 0 saturated heterocycles. The largest absolute Gasteiger partial charge is 0.342 e. The fraction of sp³-hybridized carbons (Fsp3) is 0.235. The van der Waals surface area contributed by atoms with Gasteiger partial charge < -0.3 is 5.32 Å². The van der Waals surface area contributed by atoms with Crippen molar-refractivity contribution in [3.05, 3.63) is 59.8 Å². The summed E-state index contributed by atoms with van der Waals surface area (Å²) < 4.78 is 15.5. The molecule has 1 amide bonds. The van der Waals surface area contributed by atoms with Crippen molar-refractivity contribution in [2.75, 3.05) is 0 Å². The SMILES string of the molecule is CC[C@H](NC(=O)c1cc(-c2ccccc2F)n[nH]1)c1ccnn1C. The van der Waals surface area contributed by atoms with Gasteiger partial charge in [0.05, 0.1) is 17.4 Å². The predicted octanol–water partition coefficient (Wildman–Crippen LogP) is 2.83. The first-order valence-corrected chi connectivity index (χ1v) is 7.69. The Balaban J connectivity index is 1.79. The van der Waals surface area contributed by atoms with E-state index in [9.17, 15) is 9.18 Å². The van der Waals surface area contributed by atoms with Gasteiger partial charge in [0.1, 0.15) is 11.5 Å². The third-order valence-corrected chi connectivity index (χ3v) is 3.90. The lowest BCUT2D eigenvalue weighted by molar-refractivity contribution is 0.0929. The highest BCUT2D eigenvalue weighted by Gasteiger charge is 2.19. The molecule has 6 nitrogen and oxygen atoms in total. The molecule has 7 heteroatoms. The highest BCUT2D eigenvalue weighted by molar-refractivity contribution is 5.93. The van der Waals surface area contributed by atoms with Crippen LogP contribution in [0.5, 0.6) is 0 Å². The molecule has 0 saturated carbocycles. The number of nitrogens with one attached hydrogen (secondary N) is 2. The van der Waals surface area contributed by atoms with Gasteiger partial charge in [0.15, 0.2) is 0 Å². The average molecular weight is 327 g/mol. The molecule has 3 rings (SSSR count). The summed E-state index contributed by atoms with van der Waals surface area (Å²) in [6.45, 7) is 1.98. The van der Waals surface area contributed by atoms with E-state index in [4.69, 9.17) is 0 Å². The number of carbonyl (C=O) groups is 1. The summed E-state index contributed by atoms with van der Waals surface area (Å²) in [6.07, 6.45) is 2.41. The average Bonchev–Trinajstić information content (AvgIpc) is 3.22. The quantitative estimate of drug-likeness (QED) is 0.756. The van der Waals surface area contributed by atoms with Crippen LogP contribution < -0.4 is 5.32 Å². The first kappa shape index (κ1) is 15.9. The Labute approximate surface area is 138 Å². The zero-order chi connectivity index (χ0) is 17.1. The molecule has 2 aromatic heterocycles. The van der Waals surface area contributed by atoms with E-state index in [2.05, 4.69) is 20.6 Å². The van der Waals surface area contributed by atoms with Crippen LogP contribution >= 0.6 is 0 Å². The van der Waals surface area contributed by atoms with E-state index in [1.165, 1.54) is 6.07 Å². The van der Waals surface area contributed by atoms with E-state index in [1.807, 2.05) is 20.0 Å².